The first kappa shape index (κ1) is 18.6. The van der Waals surface area contributed by atoms with Crippen molar-refractivity contribution in [2.45, 2.75) is 32.4 Å². The quantitative estimate of drug-likeness (QED) is 0.829. The second kappa shape index (κ2) is 8.37. The molecule has 24 heavy (non-hydrogen) atoms. The molecule has 1 aliphatic rings. The number of amides is 1. The van der Waals surface area contributed by atoms with Crippen LogP contribution in [-0.4, -0.2) is 31.8 Å². The molecule has 1 aromatic carbocycles. The molecule has 4 nitrogen and oxygen atoms in total. The highest BCUT2D eigenvalue weighted by Crippen LogP contribution is 2.24. The standard InChI is InChI=1S/C17H23F3N2O2/c1-12(13-3-2-8-21-10-13)9-16(23)22-14-4-6-15(7-5-14)24-11-17(18,19)20/h4-7,12-13,21H,2-3,8-11H2,1H3,(H,22,23). The van der Waals surface area contributed by atoms with E-state index in [0.717, 1.165) is 25.9 Å². The maximum absolute atomic E-state index is 12.1. The van der Waals surface area contributed by atoms with Gasteiger partial charge in [0.25, 0.3) is 0 Å². The Kier molecular flexibility index (Phi) is 6.48. The maximum atomic E-state index is 12.1. The van der Waals surface area contributed by atoms with Gasteiger partial charge in [0, 0.05) is 12.1 Å². The minimum absolute atomic E-state index is 0.0861. The van der Waals surface area contributed by atoms with Crippen LogP contribution in [0.15, 0.2) is 24.3 Å². The zero-order valence-corrected chi connectivity index (χ0v) is 13.7. The minimum Gasteiger partial charge on any atom is -0.484 e. The van der Waals surface area contributed by atoms with Gasteiger partial charge >= 0.3 is 6.18 Å². The number of alkyl halides is 3. The minimum atomic E-state index is -4.36. The van der Waals surface area contributed by atoms with Crippen molar-refractivity contribution in [1.82, 2.24) is 5.32 Å². The number of carbonyl (C=O) groups excluding carboxylic acids is 1. The average Bonchev–Trinajstić information content (AvgIpc) is 2.54. The molecule has 134 valence electrons. The number of ether oxygens (including phenoxy) is 1. The van der Waals surface area contributed by atoms with E-state index in [1.807, 2.05) is 0 Å². The summed E-state index contributed by atoms with van der Waals surface area (Å²) in [6.45, 7) is 2.73. The van der Waals surface area contributed by atoms with E-state index >= 15 is 0 Å². The predicted octanol–water partition coefficient (Wildman–Crippen LogP) is 3.59. The van der Waals surface area contributed by atoms with Gasteiger partial charge in [-0.05, 0) is 62.0 Å². The van der Waals surface area contributed by atoms with Gasteiger partial charge in [-0.25, -0.2) is 0 Å². The highest BCUT2D eigenvalue weighted by atomic mass is 19.4. The summed E-state index contributed by atoms with van der Waals surface area (Å²) in [7, 11) is 0. The number of halogens is 3. The van der Waals surface area contributed by atoms with Gasteiger partial charge in [-0.1, -0.05) is 6.92 Å². The Labute approximate surface area is 139 Å². The van der Waals surface area contributed by atoms with Crippen LogP contribution in [0.5, 0.6) is 5.75 Å². The molecule has 7 heteroatoms. The van der Waals surface area contributed by atoms with Gasteiger partial charge in [-0.2, -0.15) is 13.2 Å². The summed E-state index contributed by atoms with van der Waals surface area (Å²) in [5.74, 6) is 0.818. The molecule has 2 atom stereocenters. The van der Waals surface area contributed by atoms with Crippen molar-refractivity contribution in [3.63, 3.8) is 0 Å². The summed E-state index contributed by atoms with van der Waals surface area (Å²) < 4.78 is 40.9. The maximum Gasteiger partial charge on any atom is 0.422 e. The van der Waals surface area contributed by atoms with E-state index in [2.05, 4.69) is 22.3 Å². The van der Waals surface area contributed by atoms with Gasteiger partial charge < -0.3 is 15.4 Å². The molecule has 2 rings (SSSR count). The van der Waals surface area contributed by atoms with E-state index < -0.39 is 12.8 Å². The molecule has 0 bridgehead atoms. The lowest BCUT2D eigenvalue weighted by atomic mass is 9.85. The molecule has 0 aliphatic carbocycles. The summed E-state index contributed by atoms with van der Waals surface area (Å²) in [6.07, 6.45) is -1.67. The van der Waals surface area contributed by atoms with Gasteiger partial charge in [-0.3, -0.25) is 4.79 Å². The lowest BCUT2D eigenvalue weighted by Crippen LogP contribution is -2.34. The Bertz CT molecular complexity index is 526. The molecule has 0 radical (unpaired) electrons. The number of piperidine rings is 1. The van der Waals surface area contributed by atoms with E-state index in [4.69, 9.17) is 0 Å². The molecule has 0 aromatic heterocycles. The number of benzene rings is 1. The number of nitrogens with one attached hydrogen (secondary N) is 2. The highest BCUT2D eigenvalue weighted by molar-refractivity contribution is 5.90. The normalized spacial score (nSPS) is 19.6. The monoisotopic (exact) mass is 344 g/mol. The van der Waals surface area contributed by atoms with Crippen molar-refractivity contribution >= 4 is 11.6 Å². The van der Waals surface area contributed by atoms with Gasteiger partial charge in [0.1, 0.15) is 5.75 Å². The fourth-order valence-corrected chi connectivity index (χ4v) is 2.84. The van der Waals surface area contributed by atoms with Crippen LogP contribution in [0.3, 0.4) is 0 Å². The first-order chi connectivity index (χ1) is 11.3. The average molecular weight is 344 g/mol. The zero-order chi connectivity index (χ0) is 17.6. The van der Waals surface area contributed by atoms with Crippen LogP contribution in [0, 0.1) is 11.8 Å². The van der Waals surface area contributed by atoms with E-state index in [1.165, 1.54) is 24.3 Å². The lowest BCUT2D eigenvalue weighted by Gasteiger charge is -2.28. The number of anilines is 1. The molecule has 1 aromatic rings. The van der Waals surface area contributed by atoms with Crippen LogP contribution in [0.25, 0.3) is 0 Å². The Morgan fingerprint density at radius 2 is 2.08 bits per heavy atom. The van der Waals surface area contributed by atoms with Crippen molar-refractivity contribution in [1.29, 1.82) is 0 Å². The van der Waals surface area contributed by atoms with Gasteiger partial charge in [-0.15, -0.1) is 0 Å². The lowest BCUT2D eigenvalue weighted by molar-refractivity contribution is -0.153. The van der Waals surface area contributed by atoms with Gasteiger partial charge in [0.2, 0.25) is 5.91 Å². The van der Waals surface area contributed by atoms with E-state index in [1.54, 1.807) is 0 Å². The second-order valence-corrected chi connectivity index (χ2v) is 6.26. The Balaban J connectivity index is 1.78. The number of hydrogen-bond donors (Lipinski definition) is 2. The van der Waals surface area contributed by atoms with Crippen LogP contribution >= 0.6 is 0 Å². The van der Waals surface area contributed by atoms with Crippen LogP contribution < -0.4 is 15.4 Å². The largest absolute Gasteiger partial charge is 0.484 e. The summed E-state index contributed by atoms with van der Waals surface area (Å²) >= 11 is 0. The predicted molar refractivity (Wildman–Crippen MR) is 86.0 cm³/mol. The first-order valence-electron chi connectivity index (χ1n) is 8.13. The SMILES string of the molecule is CC(CC(=O)Nc1ccc(OCC(F)(F)F)cc1)C1CCCNC1. The molecular weight excluding hydrogens is 321 g/mol. The van der Waals surface area contributed by atoms with Crippen molar-refractivity contribution < 1.29 is 22.7 Å². The molecule has 0 saturated carbocycles. The van der Waals surface area contributed by atoms with E-state index in [0.29, 0.717) is 18.0 Å². The number of hydrogen-bond acceptors (Lipinski definition) is 3. The molecule has 1 saturated heterocycles. The van der Waals surface area contributed by atoms with Crippen LogP contribution in [-0.2, 0) is 4.79 Å². The highest BCUT2D eigenvalue weighted by Gasteiger charge is 2.28. The number of rotatable bonds is 6. The summed E-state index contributed by atoms with van der Waals surface area (Å²) in [6, 6.07) is 5.90. The second-order valence-electron chi connectivity index (χ2n) is 6.26. The van der Waals surface area contributed by atoms with E-state index in [9.17, 15) is 18.0 Å². The summed E-state index contributed by atoms with van der Waals surface area (Å²) in [5, 5.41) is 6.12. The summed E-state index contributed by atoms with van der Waals surface area (Å²) in [4.78, 5) is 12.1. The molecule has 2 N–H and O–H groups in total. The van der Waals surface area contributed by atoms with Crippen molar-refractivity contribution in [3.05, 3.63) is 24.3 Å². The molecule has 1 fully saturated rings. The molecule has 1 heterocycles. The zero-order valence-electron chi connectivity index (χ0n) is 13.7. The fourth-order valence-electron chi connectivity index (χ4n) is 2.84. The summed E-state index contributed by atoms with van der Waals surface area (Å²) in [5.41, 5.74) is 0.549. The molecule has 1 amide bonds. The first-order valence-corrected chi connectivity index (χ1v) is 8.13. The molecule has 1 aliphatic heterocycles. The Morgan fingerprint density at radius 1 is 1.38 bits per heavy atom. The van der Waals surface area contributed by atoms with Crippen molar-refractivity contribution in [2.75, 3.05) is 25.0 Å². The van der Waals surface area contributed by atoms with Gasteiger partial charge in [0.15, 0.2) is 6.61 Å². The fraction of sp³-hybridized carbons (Fsp3) is 0.588. The smallest absolute Gasteiger partial charge is 0.422 e. The van der Waals surface area contributed by atoms with Crippen molar-refractivity contribution in [3.8, 4) is 5.75 Å². The molecular formula is C17H23F3N2O2. The Hall–Kier alpha value is -1.76. The molecule has 2 unspecified atom stereocenters. The third-order valence-corrected chi connectivity index (χ3v) is 4.19. The van der Waals surface area contributed by atoms with E-state index in [-0.39, 0.29) is 17.6 Å². The van der Waals surface area contributed by atoms with Crippen LogP contribution in [0.2, 0.25) is 0 Å². The van der Waals surface area contributed by atoms with Gasteiger partial charge in [0.05, 0.1) is 0 Å². The topological polar surface area (TPSA) is 50.4 Å². The third kappa shape index (κ3) is 6.39. The number of carbonyl (C=O) groups is 1. The Morgan fingerprint density at radius 3 is 2.67 bits per heavy atom. The molecule has 0 spiro atoms. The van der Waals surface area contributed by atoms with Crippen molar-refractivity contribution in [2.24, 2.45) is 11.8 Å². The third-order valence-electron chi connectivity index (χ3n) is 4.19. The van der Waals surface area contributed by atoms with Crippen LogP contribution in [0.4, 0.5) is 18.9 Å². The van der Waals surface area contributed by atoms with Crippen LogP contribution in [0.1, 0.15) is 26.2 Å².